The van der Waals surface area contributed by atoms with Crippen LogP contribution in [0.25, 0.3) is 0 Å². The fraction of sp³-hybridized carbons (Fsp3) is 0.263. The highest BCUT2D eigenvalue weighted by atomic mass is 35.5. The SMILES string of the molecule is O=C(NCc1cccs1)c1cc2n(n1)[C@@H](C(F)(F)F)C[C@H](c1ccc(Cl)c(Cl)c1)N2. The molecule has 0 fully saturated rings. The second kappa shape index (κ2) is 8.13. The first-order valence-electron chi connectivity index (χ1n) is 8.90. The first-order valence-corrected chi connectivity index (χ1v) is 10.5. The minimum Gasteiger partial charge on any atom is -0.363 e. The van der Waals surface area contributed by atoms with Gasteiger partial charge in [0.2, 0.25) is 0 Å². The average Bonchev–Trinajstić information content (AvgIpc) is 3.36. The van der Waals surface area contributed by atoms with Crippen LogP contribution in [0.2, 0.25) is 10.0 Å². The molecule has 0 bridgehead atoms. The zero-order valence-corrected chi connectivity index (χ0v) is 17.5. The van der Waals surface area contributed by atoms with Crippen LogP contribution in [0.5, 0.6) is 0 Å². The molecular formula is C19H15Cl2F3N4OS. The molecule has 1 aromatic carbocycles. The molecule has 0 aliphatic carbocycles. The molecule has 11 heteroatoms. The molecule has 2 aromatic heterocycles. The maximum absolute atomic E-state index is 13.8. The molecule has 30 heavy (non-hydrogen) atoms. The highest BCUT2D eigenvalue weighted by molar-refractivity contribution is 7.09. The van der Waals surface area contributed by atoms with Crippen molar-refractivity contribution in [3.63, 3.8) is 0 Å². The van der Waals surface area contributed by atoms with Crippen LogP contribution in [-0.2, 0) is 6.54 Å². The molecule has 3 aromatic rings. The summed E-state index contributed by atoms with van der Waals surface area (Å²) in [5.74, 6) is -0.431. The molecule has 0 saturated carbocycles. The molecule has 3 heterocycles. The number of fused-ring (bicyclic) bond motifs is 1. The van der Waals surface area contributed by atoms with E-state index in [0.29, 0.717) is 10.6 Å². The molecule has 1 aliphatic rings. The van der Waals surface area contributed by atoms with Crippen LogP contribution in [0.4, 0.5) is 19.0 Å². The number of thiophene rings is 1. The number of aromatic nitrogens is 2. The van der Waals surface area contributed by atoms with Gasteiger partial charge in [0.25, 0.3) is 5.91 Å². The molecule has 0 unspecified atom stereocenters. The van der Waals surface area contributed by atoms with Crippen molar-refractivity contribution < 1.29 is 18.0 Å². The van der Waals surface area contributed by atoms with Crippen LogP contribution in [0.15, 0.2) is 41.8 Å². The minimum absolute atomic E-state index is 0.0851. The lowest BCUT2D eigenvalue weighted by atomic mass is 9.97. The van der Waals surface area contributed by atoms with Gasteiger partial charge in [-0.25, -0.2) is 4.68 Å². The lowest BCUT2D eigenvalue weighted by molar-refractivity contribution is -0.173. The van der Waals surface area contributed by atoms with Gasteiger partial charge >= 0.3 is 6.18 Å². The van der Waals surface area contributed by atoms with Crippen LogP contribution in [0, 0.1) is 0 Å². The molecule has 1 amide bonds. The van der Waals surface area contributed by atoms with E-state index >= 15 is 0 Å². The van der Waals surface area contributed by atoms with E-state index in [4.69, 9.17) is 23.2 Å². The number of benzene rings is 1. The molecule has 2 N–H and O–H groups in total. The molecule has 0 spiro atoms. The molecule has 0 radical (unpaired) electrons. The normalized spacial score (nSPS) is 18.6. The van der Waals surface area contributed by atoms with Crippen LogP contribution >= 0.6 is 34.5 Å². The highest BCUT2D eigenvalue weighted by Crippen LogP contribution is 2.44. The Morgan fingerprint density at radius 1 is 1.27 bits per heavy atom. The van der Waals surface area contributed by atoms with E-state index in [9.17, 15) is 18.0 Å². The van der Waals surface area contributed by atoms with Gasteiger partial charge in [-0.2, -0.15) is 18.3 Å². The van der Waals surface area contributed by atoms with E-state index < -0.39 is 24.2 Å². The predicted octanol–water partition coefficient (Wildman–Crippen LogP) is 5.84. The second-order valence-electron chi connectivity index (χ2n) is 6.79. The quantitative estimate of drug-likeness (QED) is 0.499. The minimum atomic E-state index is -4.54. The van der Waals surface area contributed by atoms with Crippen molar-refractivity contribution in [1.29, 1.82) is 0 Å². The molecule has 5 nitrogen and oxygen atoms in total. The third kappa shape index (κ3) is 4.28. The van der Waals surface area contributed by atoms with Crippen LogP contribution in [-0.4, -0.2) is 21.9 Å². The topological polar surface area (TPSA) is 59.0 Å². The van der Waals surface area contributed by atoms with E-state index in [2.05, 4.69) is 15.7 Å². The van der Waals surface area contributed by atoms with Crippen molar-refractivity contribution in [2.45, 2.75) is 31.2 Å². The number of hydrogen-bond donors (Lipinski definition) is 2. The monoisotopic (exact) mass is 474 g/mol. The predicted molar refractivity (Wildman–Crippen MR) is 110 cm³/mol. The summed E-state index contributed by atoms with van der Waals surface area (Å²) in [6.45, 7) is 0.278. The number of halogens is 5. The first-order chi connectivity index (χ1) is 14.2. The fourth-order valence-corrected chi connectivity index (χ4v) is 4.25. The number of hydrogen-bond acceptors (Lipinski definition) is 4. The van der Waals surface area contributed by atoms with Gasteiger partial charge in [0, 0.05) is 17.4 Å². The van der Waals surface area contributed by atoms with Gasteiger partial charge in [-0.3, -0.25) is 4.79 Å². The van der Waals surface area contributed by atoms with Gasteiger partial charge in [-0.05, 0) is 29.1 Å². The summed E-state index contributed by atoms with van der Waals surface area (Å²) in [6, 6.07) is 7.18. The van der Waals surface area contributed by atoms with Crippen molar-refractivity contribution in [1.82, 2.24) is 15.1 Å². The Labute approximate surface area is 183 Å². The van der Waals surface area contributed by atoms with E-state index in [1.165, 1.54) is 23.5 Å². The number of alkyl halides is 3. The largest absolute Gasteiger partial charge is 0.410 e. The van der Waals surface area contributed by atoms with Crippen LogP contribution in [0.1, 0.15) is 39.4 Å². The number of anilines is 1. The second-order valence-corrected chi connectivity index (χ2v) is 8.63. The summed E-state index contributed by atoms with van der Waals surface area (Å²) in [5, 5.41) is 12.1. The number of nitrogens with one attached hydrogen (secondary N) is 2. The van der Waals surface area contributed by atoms with E-state index in [-0.39, 0.29) is 29.5 Å². The maximum atomic E-state index is 13.8. The Morgan fingerprint density at radius 3 is 2.73 bits per heavy atom. The summed E-state index contributed by atoms with van der Waals surface area (Å²) in [5.41, 5.74) is 0.480. The van der Waals surface area contributed by atoms with Crippen LogP contribution < -0.4 is 10.6 Å². The van der Waals surface area contributed by atoms with Gasteiger partial charge < -0.3 is 10.6 Å². The summed E-state index contributed by atoms with van der Waals surface area (Å²) in [7, 11) is 0. The van der Waals surface area contributed by atoms with E-state index in [1.54, 1.807) is 12.1 Å². The summed E-state index contributed by atoms with van der Waals surface area (Å²) >= 11 is 13.4. The average molecular weight is 475 g/mol. The Hall–Kier alpha value is -2.23. The molecule has 0 saturated heterocycles. The molecule has 1 aliphatic heterocycles. The number of amides is 1. The number of carbonyl (C=O) groups is 1. The van der Waals surface area contributed by atoms with Crippen LogP contribution in [0.3, 0.4) is 0 Å². The van der Waals surface area contributed by atoms with Crippen molar-refractivity contribution in [2.24, 2.45) is 0 Å². The lowest BCUT2D eigenvalue weighted by Crippen LogP contribution is -2.35. The van der Waals surface area contributed by atoms with Gasteiger partial charge in [0.15, 0.2) is 11.7 Å². The maximum Gasteiger partial charge on any atom is 0.410 e. The Kier molecular flexibility index (Phi) is 5.69. The van der Waals surface area contributed by atoms with Gasteiger partial charge in [-0.1, -0.05) is 35.3 Å². The molecule has 4 rings (SSSR count). The third-order valence-corrected chi connectivity index (χ3v) is 6.39. The molecular weight excluding hydrogens is 460 g/mol. The summed E-state index contributed by atoms with van der Waals surface area (Å²) in [4.78, 5) is 13.4. The fourth-order valence-electron chi connectivity index (χ4n) is 3.30. The summed E-state index contributed by atoms with van der Waals surface area (Å²) < 4.78 is 42.1. The van der Waals surface area contributed by atoms with Gasteiger partial charge in [0.1, 0.15) is 5.82 Å². The number of nitrogens with zero attached hydrogens (tertiary/aromatic N) is 2. The Morgan fingerprint density at radius 2 is 2.07 bits per heavy atom. The van der Waals surface area contributed by atoms with Crippen molar-refractivity contribution in [3.8, 4) is 0 Å². The standard InChI is InChI=1S/C19H15Cl2F3N4OS/c20-12-4-3-10(6-13(12)21)14-7-16(19(22,23)24)28-17(26-14)8-15(27-28)18(29)25-9-11-2-1-5-30-11/h1-6,8,14,16,26H,7,9H2,(H,25,29)/t14-,16-/m1/s1. The Balaban J connectivity index is 1.61. The lowest BCUT2D eigenvalue weighted by Gasteiger charge is -2.33. The Bertz CT molecular complexity index is 1070. The zero-order valence-electron chi connectivity index (χ0n) is 15.2. The van der Waals surface area contributed by atoms with Gasteiger partial charge in [0.05, 0.1) is 22.6 Å². The van der Waals surface area contributed by atoms with E-state index in [0.717, 1.165) is 9.56 Å². The van der Waals surface area contributed by atoms with E-state index in [1.807, 2.05) is 17.5 Å². The smallest absolute Gasteiger partial charge is 0.363 e. The highest BCUT2D eigenvalue weighted by Gasteiger charge is 2.46. The molecule has 158 valence electrons. The van der Waals surface area contributed by atoms with Gasteiger partial charge in [-0.15, -0.1) is 11.3 Å². The zero-order chi connectivity index (χ0) is 21.5. The number of carbonyl (C=O) groups excluding carboxylic acids is 1. The molecule has 2 atom stereocenters. The summed E-state index contributed by atoms with van der Waals surface area (Å²) in [6.07, 6.45) is -4.84. The third-order valence-electron chi connectivity index (χ3n) is 4.77. The first kappa shape index (κ1) is 21.0. The number of rotatable bonds is 4. The van der Waals surface area contributed by atoms with Crippen molar-refractivity contribution >= 4 is 46.3 Å². The van der Waals surface area contributed by atoms with Crippen molar-refractivity contribution in [2.75, 3.05) is 5.32 Å². The van der Waals surface area contributed by atoms with Crippen molar-refractivity contribution in [3.05, 3.63) is 68.0 Å².